The van der Waals surface area contributed by atoms with Gasteiger partial charge in [-0.1, -0.05) is 19.9 Å². The summed E-state index contributed by atoms with van der Waals surface area (Å²) in [6.07, 6.45) is 0. The number of carbonyl (C=O) groups is 1. The van der Waals surface area contributed by atoms with E-state index >= 15 is 0 Å². The van der Waals surface area contributed by atoms with Crippen molar-refractivity contribution in [3.8, 4) is 0 Å². The number of amides is 1. The number of anilines is 1. The van der Waals surface area contributed by atoms with Crippen molar-refractivity contribution < 1.29 is 4.79 Å². The molecule has 2 rings (SSSR count). The van der Waals surface area contributed by atoms with Gasteiger partial charge in [0.05, 0.1) is 6.54 Å². The molecule has 0 saturated heterocycles. The van der Waals surface area contributed by atoms with E-state index in [1.807, 2.05) is 12.1 Å². The van der Waals surface area contributed by atoms with E-state index in [-0.39, 0.29) is 5.91 Å². The van der Waals surface area contributed by atoms with Gasteiger partial charge in [0, 0.05) is 25.3 Å². The molecule has 98 valence electrons. The molecule has 0 bridgehead atoms. The van der Waals surface area contributed by atoms with Crippen LogP contribution in [0.1, 0.15) is 25.0 Å². The number of nitrogens with two attached hydrogens (primary N) is 1. The molecule has 0 spiro atoms. The van der Waals surface area contributed by atoms with Gasteiger partial charge >= 0.3 is 0 Å². The minimum Gasteiger partial charge on any atom is -0.399 e. The number of benzene rings is 1. The highest BCUT2D eigenvalue weighted by Gasteiger charge is 2.20. The van der Waals surface area contributed by atoms with Gasteiger partial charge in [-0.15, -0.1) is 0 Å². The van der Waals surface area contributed by atoms with Crippen molar-refractivity contribution in [2.24, 2.45) is 5.92 Å². The highest BCUT2D eigenvalue weighted by molar-refractivity contribution is 5.78. The predicted molar refractivity (Wildman–Crippen MR) is 72.8 cm³/mol. The van der Waals surface area contributed by atoms with E-state index < -0.39 is 0 Å². The van der Waals surface area contributed by atoms with Crippen molar-refractivity contribution in [1.82, 2.24) is 10.2 Å². The molecule has 4 heteroatoms. The third-order valence-corrected chi connectivity index (χ3v) is 3.09. The molecule has 0 aromatic heterocycles. The minimum atomic E-state index is 0.101. The van der Waals surface area contributed by atoms with E-state index in [1.165, 1.54) is 11.1 Å². The summed E-state index contributed by atoms with van der Waals surface area (Å²) in [7, 11) is 0. The van der Waals surface area contributed by atoms with E-state index in [4.69, 9.17) is 5.73 Å². The van der Waals surface area contributed by atoms with Crippen LogP contribution in [0, 0.1) is 5.92 Å². The lowest BCUT2D eigenvalue weighted by molar-refractivity contribution is -0.122. The maximum Gasteiger partial charge on any atom is 0.234 e. The second kappa shape index (κ2) is 5.40. The van der Waals surface area contributed by atoms with Crippen molar-refractivity contribution >= 4 is 11.6 Å². The second-order valence-corrected chi connectivity index (χ2v) is 5.37. The molecule has 0 atom stereocenters. The first-order valence-corrected chi connectivity index (χ1v) is 6.41. The zero-order valence-corrected chi connectivity index (χ0v) is 11.1. The summed E-state index contributed by atoms with van der Waals surface area (Å²) in [4.78, 5) is 13.9. The summed E-state index contributed by atoms with van der Waals surface area (Å²) >= 11 is 0. The molecule has 3 N–H and O–H groups in total. The maximum absolute atomic E-state index is 11.7. The molecule has 4 nitrogen and oxygen atoms in total. The van der Waals surface area contributed by atoms with Crippen LogP contribution in [0.25, 0.3) is 0 Å². The van der Waals surface area contributed by atoms with Gasteiger partial charge in [-0.25, -0.2) is 0 Å². The normalized spacial score (nSPS) is 14.8. The van der Waals surface area contributed by atoms with E-state index in [9.17, 15) is 4.79 Å². The summed E-state index contributed by atoms with van der Waals surface area (Å²) in [6, 6.07) is 5.97. The topological polar surface area (TPSA) is 58.4 Å². The van der Waals surface area contributed by atoms with Crippen LogP contribution < -0.4 is 11.1 Å². The fourth-order valence-corrected chi connectivity index (χ4v) is 2.17. The van der Waals surface area contributed by atoms with Crippen molar-refractivity contribution in [3.63, 3.8) is 0 Å². The molecule has 1 heterocycles. The van der Waals surface area contributed by atoms with Gasteiger partial charge in [-0.3, -0.25) is 9.69 Å². The zero-order chi connectivity index (χ0) is 13.1. The molecule has 18 heavy (non-hydrogen) atoms. The fourth-order valence-electron chi connectivity index (χ4n) is 2.17. The lowest BCUT2D eigenvalue weighted by Crippen LogP contribution is -2.36. The third-order valence-electron chi connectivity index (χ3n) is 3.09. The molecule has 0 aliphatic carbocycles. The van der Waals surface area contributed by atoms with Gasteiger partial charge < -0.3 is 11.1 Å². The number of fused-ring (bicyclic) bond motifs is 1. The molecule has 1 amide bonds. The van der Waals surface area contributed by atoms with Crippen LogP contribution >= 0.6 is 0 Å². The van der Waals surface area contributed by atoms with Crippen LogP contribution in [-0.2, 0) is 17.9 Å². The molecular formula is C14H21N3O. The molecular weight excluding hydrogens is 226 g/mol. The van der Waals surface area contributed by atoms with Crippen LogP contribution in [0.5, 0.6) is 0 Å². The highest BCUT2D eigenvalue weighted by Crippen LogP contribution is 2.24. The maximum atomic E-state index is 11.7. The van der Waals surface area contributed by atoms with E-state index in [0.717, 1.165) is 25.3 Å². The third kappa shape index (κ3) is 3.23. The monoisotopic (exact) mass is 247 g/mol. The Bertz CT molecular complexity index is 443. The van der Waals surface area contributed by atoms with E-state index in [1.54, 1.807) is 0 Å². The zero-order valence-electron chi connectivity index (χ0n) is 11.1. The SMILES string of the molecule is CC(C)CNC(=O)CN1Cc2ccc(N)cc2C1. The Balaban J connectivity index is 1.86. The first-order valence-electron chi connectivity index (χ1n) is 6.41. The van der Waals surface area contributed by atoms with Gasteiger partial charge in [0.15, 0.2) is 0 Å². The Morgan fingerprint density at radius 3 is 2.83 bits per heavy atom. The molecule has 0 radical (unpaired) electrons. The van der Waals surface area contributed by atoms with E-state index in [2.05, 4.69) is 30.1 Å². The van der Waals surface area contributed by atoms with Crippen LogP contribution in [0.2, 0.25) is 0 Å². The molecule has 1 aromatic carbocycles. The molecule has 0 saturated carbocycles. The quantitative estimate of drug-likeness (QED) is 0.790. The van der Waals surface area contributed by atoms with Crippen molar-refractivity contribution in [3.05, 3.63) is 29.3 Å². The number of nitrogens with one attached hydrogen (secondary N) is 1. The number of nitrogen functional groups attached to an aromatic ring is 1. The summed E-state index contributed by atoms with van der Waals surface area (Å²) < 4.78 is 0. The number of hydrogen-bond donors (Lipinski definition) is 2. The molecule has 0 fully saturated rings. The Morgan fingerprint density at radius 1 is 1.39 bits per heavy atom. The molecule has 1 aliphatic heterocycles. The lowest BCUT2D eigenvalue weighted by atomic mass is 10.1. The number of carbonyl (C=O) groups excluding carboxylic acids is 1. The van der Waals surface area contributed by atoms with Crippen LogP contribution in [0.4, 0.5) is 5.69 Å². The Morgan fingerprint density at radius 2 is 2.11 bits per heavy atom. The second-order valence-electron chi connectivity index (χ2n) is 5.37. The average molecular weight is 247 g/mol. The first-order chi connectivity index (χ1) is 8.54. The standard InChI is InChI=1S/C14H21N3O/c1-10(2)6-16-14(18)9-17-7-11-3-4-13(15)5-12(11)8-17/h3-5,10H,6-9,15H2,1-2H3,(H,16,18). The number of rotatable bonds is 4. The number of hydrogen-bond acceptors (Lipinski definition) is 3. The summed E-state index contributed by atoms with van der Waals surface area (Å²) in [5.41, 5.74) is 9.07. The Labute approximate surface area is 108 Å². The smallest absolute Gasteiger partial charge is 0.234 e. The minimum absolute atomic E-state index is 0.101. The van der Waals surface area contributed by atoms with Crippen LogP contribution in [-0.4, -0.2) is 23.9 Å². The predicted octanol–water partition coefficient (Wildman–Crippen LogP) is 1.36. The van der Waals surface area contributed by atoms with Crippen molar-refractivity contribution in [1.29, 1.82) is 0 Å². The lowest BCUT2D eigenvalue weighted by Gasteiger charge is -2.15. The van der Waals surface area contributed by atoms with Gasteiger partial charge in [0.1, 0.15) is 0 Å². The largest absolute Gasteiger partial charge is 0.399 e. The van der Waals surface area contributed by atoms with E-state index in [0.29, 0.717) is 12.5 Å². The fraction of sp³-hybridized carbons (Fsp3) is 0.500. The Kier molecular flexibility index (Phi) is 3.87. The van der Waals surface area contributed by atoms with Crippen LogP contribution in [0.3, 0.4) is 0 Å². The summed E-state index contributed by atoms with van der Waals surface area (Å²) in [6.45, 7) is 7.04. The summed E-state index contributed by atoms with van der Waals surface area (Å²) in [5.74, 6) is 0.592. The van der Waals surface area contributed by atoms with Crippen molar-refractivity contribution in [2.75, 3.05) is 18.8 Å². The van der Waals surface area contributed by atoms with Crippen molar-refractivity contribution in [2.45, 2.75) is 26.9 Å². The van der Waals surface area contributed by atoms with Gasteiger partial charge in [-0.05, 0) is 29.2 Å². The average Bonchev–Trinajstić information content (AvgIpc) is 2.67. The molecule has 1 aromatic rings. The van der Waals surface area contributed by atoms with Crippen LogP contribution in [0.15, 0.2) is 18.2 Å². The first kappa shape index (κ1) is 12.9. The Hall–Kier alpha value is -1.55. The van der Waals surface area contributed by atoms with Gasteiger partial charge in [0.25, 0.3) is 0 Å². The van der Waals surface area contributed by atoms with Gasteiger partial charge in [-0.2, -0.15) is 0 Å². The molecule has 0 unspecified atom stereocenters. The summed E-state index contributed by atoms with van der Waals surface area (Å²) in [5, 5.41) is 2.94. The molecule has 1 aliphatic rings. The number of nitrogens with zero attached hydrogens (tertiary/aromatic N) is 1. The van der Waals surface area contributed by atoms with Gasteiger partial charge in [0.2, 0.25) is 5.91 Å². The highest BCUT2D eigenvalue weighted by atomic mass is 16.2.